The number of hydrogen-bond acceptors (Lipinski definition) is 1. The largest absolute Gasteiger partial charge is 0.306 e. The van der Waals surface area contributed by atoms with Gasteiger partial charge in [0.15, 0.2) is 0 Å². The van der Waals surface area contributed by atoms with Crippen molar-refractivity contribution < 1.29 is 0 Å². The van der Waals surface area contributed by atoms with Gasteiger partial charge >= 0.3 is 0 Å². The molecule has 0 aromatic rings. The molecule has 0 saturated heterocycles. The number of nitrogens with one attached hydrogen (secondary N) is 1. The molecule has 0 radical (unpaired) electrons. The molecule has 0 aliphatic heterocycles. The van der Waals surface area contributed by atoms with Crippen LogP contribution in [0.5, 0.6) is 0 Å². The van der Waals surface area contributed by atoms with Crippen molar-refractivity contribution in [3.8, 4) is 0 Å². The lowest BCUT2D eigenvalue weighted by Crippen LogP contribution is -1.92. The maximum atomic E-state index is 7.55. The Morgan fingerprint density at radius 2 is 1.94 bits per heavy atom. The highest BCUT2D eigenvalue weighted by molar-refractivity contribution is 5.92. The lowest BCUT2D eigenvalue weighted by molar-refractivity contribution is 0.958. The highest BCUT2D eigenvalue weighted by Gasteiger charge is 2.01. The van der Waals surface area contributed by atoms with E-state index >= 15 is 0 Å². The maximum absolute atomic E-state index is 7.55. The second kappa shape index (κ2) is 7.86. The van der Waals surface area contributed by atoms with Gasteiger partial charge in [-0.2, -0.15) is 0 Å². The summed E-state index contributed by atoms with van der Waals surface area (Å²) in [4.78, 5) is 0. The van der Waals surface area contributed by atoms with Gasteiger partial charge in [-0.25, -0.2) is 0 Å². The zero-order valence-corrected chi connectivity index (χ0v) is 10.9. The highest BCUT2D eigenvalue weighted by atomic mass is 14.4. The topological polar surface area (TPSA) is 23.9 Å². The van der Waals surface area contributed by atoms with E-state index < -0.39 is 0 Å². The number of hydrogen-bond donors (Lipinski definition) is 1. The molecule has 0 spiro atoms. The summed E-state index contributed by atoms with van der Waals surface area (Å²) in [6.45, 7) is 11.9. The summed E-state index contributed by atoms with van der Waals surface area (Å²) in [7, 11) is 0. The zero-order valence-electron chi connectivity index (χ0n) is 10.9. The molecule has 0 heterocycles. The van der Waals surface area contributed by atoms with Crippen LogP contribution in [-0.2, 0) is 0 Å². The first kappa shape index (κ1) is 14.6. The standard InChI is InChI=1S/C15H23N/c1-6-8-9-10-14(11-13(5)16)15(7-2)12(3)4/h7,9-11,16H,3,6,8H2,1-2,4-5H3/b10-9-,14-11+,15-7+,16-13?. The monoisotopic (exact) mass is 217 g/mol. The molecule has 88 valence electrons. The third-order valence-electron chi connectivity index (χ3n) is 2.18. The highest BCUT2D eigenvalue weighted by Crippen LogP contribution is 2.19. The first-order valence-corrected chi connectivity index (χ1v) is 5.78. The van der Waals surface area contributed by atoms with Gasteiger partial charge in [-0.3, -0.25) is 0 Å². The van der Waals surface area contributed by atoms with Crippen LogP contribution >= 0.6 is 0 Å². The van der Waals surface area contributed by atoms with Gasteiger partial charge in [0.25, 0.3) is 0 Å². The predicted octanol–water partition coefficient (Wildman–Crippen LogP) is 4.83. The third kappa shape index (κ3) is 5.50. The summed E-state index contributed by atoms with van der Waals surface area (Å²) in [5.74, 6) is 0. The van der Waals surface area contributed by atoms with E-state index in [4.69, 9.17) is 5.41 Å². The van der Waals surface area contributed by atoms with Crippen molar-refractivity contribution in [2.75, 3.05) is 0 Å². The summed E-state index contributed by atoms with van der Waals surface area (Å²) < 4.78 is 0. The van der Waals surface area contributed by atoms with Gasteiger partial charge in [-0.1, -0.05) is 43.7 Å². The van der Waals surface area contributed by atoms with Crippen LogP contribution in [0.2, 0.25) is 0 Å². The molecule has 0 saturated carbocycles. The Balaban J connectivity index is 5.09. The van der Waals surface area contributed by atoms with Gasteiger partial charge in [0.2, 0.25) is 0 Å². The average Bonchev–Trinajstić information content (AvgIpc) is 2.17. The number of unbranched alkanes of at least 4 members (excludes halogenated alkanes) is 1. The molecule has 16 heavy (non-hydrogen) atoms. The Kier molecular flexibility index (Phi) is 7.19. The molecule has 1 nitrogen and oxygen atoms in total. The SMILES string of the molecule is C=C(C)C(=C\C)/C(/C=C\CCC)=C/C(C)=N. The van der Waals surface area contributed by atoms with Crippen molar-refractivity contribution in [2.24, 2.45) is 0 Å². The molecule has 0 aliphatic rings. The van der Waals surface area contributed by atoms with Crippen LogP contribution in [0.3, 0.4) is 0 Å². The molecule has 0 atom stereocenters. The summed E-state index contributed by atoms with van der Waals surface area (Å²) in [6.07, 6.45) is 10.4. The maximum Gasteiger partial charge on any atom is 0.0289 e. The molecule has 1 heteroatoms. The van der Waals surface area contributed by atoms with E-state index in [1.54, 1.807) is 6.92 Å². The lowest BCUT2D eigenvalue weighted by atomic mass is 9.98. The van der Waals surface area contributed by atoms with E-state index in [-0.39, 0.29) is 0 Å². The molecule has 0 aromatic heterocycles. The summed E-state index contributed by atoms with van der Waals surface area (Å²) in [5.41, 5.74) is 3.81. The minimum absolute atomic E-state index is 0.566. The van der Waals surface area contributed by atoms with E-state index in [9.17, 15) is 0 Å². The molecule has 0 fully saturated rings. The van der Waals surface area contributed by atoms with E-state index in [1.807, 2.05) is 26.0 Å². The van der Waals surface area contributed by atoms with Crippen LogP contribution in [0.15, 0.2) is 47.6 Å². The minimum atomic E-state index is 0.566. The molecular formula is C15H23N. The Morgan fingerprint density at radius 1 is 1.31 bits per heavy atom. The van der Waals surface area contributed by atoms with Crippen LogP contribution in [0.4, 0.5) is 0 Å². The van der Waals surface area contributed by atoms with E-state index in [0.29, 0.717) is 5.71 Å². The Hall–Kier alpha value is -1.37. The summed E-state index contributed by atoms with van der Waals surface area (Å²) in [6, 6.07) is 0. The molecule has 1 N–H and O–H groups in total. The van der Waals surface area contributed by atoms with Crippen molar-refractivity contribution in [3.05, 3.63) is 47.6 Å². The van der Waals surface area contributed by atoms with E-state index in [1.165, 1.54) is 0 Å². The Morgan fingerprint density at radius 3 is 2.31 bits per heavy atom. The molecular weight excluding hydrogens is 194 g/mol. The van der Waals surface area contributed by atoms with Crippen molar-refractivity contribution >= 4 is 5.71 Å². The van der Waals surface area contributed by atoms with Crippen LogP contribution in [-0.4, -0.2) is 5.71 Å². The summed E-state index contributed by atoms with van der Waals surface area (Å²) in [5, 5.41) is 7.55. The van der Waals surface area contributed by atoms with Gasteiger partial charge in [0.1, 0.15) is 0 Å². The quantitative estimate of drug-likeness (QED) is 0.486. The number of allylic oxidation sites excluding steroid dienone is 7. The van der Waals surface area contributed by atoms with E-state index in [0.717, 1.165) is 29.6 Å². The first-order valence-electron chi connectivity index (χ1n) is 5.78. The Bertz CT molecular complexity index is 340. The molecule has 0 aromatic carbocycles. The fraction of sp³-hybridized carbons (Fsp3) is 0.400. The van der Waals surface area contributed by atoms with Gasteiger partial charge in [-0.15, -0.1) is 0 Å². The van der Waals surface area contributed by atoms with E-state index in [2.05, 4.69) is 25.7 Å². The number of rotatable bonds is 6. The van der Waals surface area contributed by atoms with Crippen molar-refractivity contribution in [1.82, 2.24) is 0 Å². The molecule has 0 aliphatic carbocycles. The van der Waals surface area contributed by atoms with Crippen LogP contribution in [0.25, 0.3) is 0 Å². The van der Waals surface area contributed by atoms with Crippen molar-refractivity contribution in [2.45, 2.75) is 40.5 Å². The van der Waals surface area contributed by atoms with Gasteiger partial charge in [0, 0.05) is 5.71 Å². The van der Waals surface area contributed by atoms with Crippen LogP contribution in [0.1, 0.15) is 40.5 Å². The lowest BCUT2D eigenvalue weighted by Gasteiger charge is -2.08. The average molecular weight is 217 g/mol. The first-order chi connectivity index (χ1) is 7.52. The zero-order chi connectivity index (χ0) is 12.6. The minimum Gasteiger partial charge on any atom is -0.306 e. The predicted molar refractivity (Wildman–Crippen MR) is 74.1 cm³/mol. The second-order valence-electron chi connectivity index (χ2n) is 3.96. The van der Waals surface area contributed by atoms with Crippen LogP contribution in [0, 0.1) is 5.41 Å². The summed E-state index contributed by atoms with van der Waals surface area (Å²) >= 11 is 0. The third-order valence-corrected chi connectivity index (χ3v) is 2.18. The fourth-order valence-electron chi connectivity index (χ4n) is 1.49. The normalized spacial score (nSPS) is 13.2. The molecule has 0 bridgehead atoms. The molecule has 0 unspecified atom stereocenters. The van der Waals surface area contributed by atoms with Crippen LogP contribution < -0.4 is 0 Å². The van der Waals surface area contributed by atoms with Gasteiger partial charge < -0.3 is 5.41 Å². The molecule has 0 amide bonds. The van der Waals surface area contributed by atoms with Crippen molar-refractivity contribution in [1.29, 1.82) is 5.41 Å². The van der Waals surface area contributed by atoms with Crippen molar-refractivity contribution in [3.63, 3.8) is 0 Å². The molecule has 0 rings (SSSR count). The smallest absolute Gasteiger partial charge is 0.0289 e. The second-order valence-corrected chi connectivity index (χ2v) is 3.96. The fourth-order valence-corrected chi connectivity index (χ4v) is 1.49. The van der Waals surface area contributed by atoms with Gasteiger partial charge in [0.05, 0.1) is 0 Å². The van der Waals surface area contributed by atoms with Gasteiger partial charge in [-0.05, 0) is 44.4 Å². The Labute approximate surface area is 99.8 Å².